The largest absolute Gasteiger partial charge is 0.395 e. The number of aliphatic hydroxyl groups is 1. The molecule has 1 unspecified atom stereocenters. The summed E-state index contributed by atoms with van der Waals surface area (Å²) in [7, 11) is 0. The first-order chi connectivity index (χ1) is 8.67. The maximum atomic E-state index is 9.29. The zero-order valence-electron chi connectivity index (χ0n) is 11.7. The zero-order chi connectivity index (χ0) is 13.5. The quantitative estimate of drug-likeness (QED) is 0.763. The maximum absolute atomic E-state index is 9.29. The van der Waals surface area contributed by atoms with Crippen molar-refractivity contribution < 1.29 is 5.11 Å². The molecule has 1 aromatic heterocycles. The van der Waals surface area contributed by atoms with Gasteiger partial charge in [-0.15, -0.1) is 11.3 Å². The Morgan fingerprint density at radius 2 is 2.00 bits per heavy atom. The SMILES string of the molecule is CCC(CC)N(CCO)C(CN)c1ccc(C)s1. The van der Waals surface area contributed by atoms with Crippen LogP contribution in [0.1, 0.15) is 42.5 Å². The van der Waals surface area contributed by atoms with Crippen LogP contribution in [0.4, 0.5) is 0 Å². The lowest BCUT2D eigenvalue weighted by Gasteiger charge is -2.36. The van der Waals surface area contributed by atoms with Crippen molar-refractivity contribution in [3.05, 3.63) is 21.9 Å². The minimum Gasteiger partial charge on any atom is -0.395 e. The monoisotopic (exact) mass is 270 g/mol. The summed E-state index contributed by atoms with van der Waals surface area (Å²) in [6.07, 6.45) is 2.19. The van der Waals surface area contributed by atoms with Crippen molar-refractivity contribution in [3.8, 4) is 0 Å². The Kier molecular flexibility index (Phi) is 6.86. The number of aliphatic hydroxyl groups excluding tert-OH is 1. The molecule has 0 aromatic carbocycles. The van der Waals surface area contributed by atoms with Crippen LogP contribution in [0.25, 0.3) is 0 Å². The number of rotatable bonds is 8. The second-order valence-corrected chi connectivity index (χ2v) is 5.95. The Bertz CT molecular complexity index is 336. The van der Waals surface area contributed by atoms with E-state index < -0.39 is 0 Å². The fourth-order valence-corrected chi connectivity index (χ4v) is 3.53. The molecule has 104 valence electrons. The molecule has 4 heteroatoms. The van der Waals surface area contributed by atoms with Crippen molar-refractivity contribution in [2.75, 3.05) is 19.7 Å². The van der Waals surface area contributed by atoms with Gasteiger partial charge < -0.3 is 10.8 Å². The van der Waals surface area contributed by atoms with Crippen molar-refractivity contribution in [2.24, 2.45) is 5.73 Å². The first kappa shape index (κ1) is 15.6. The van der Waals surface area contributed by atoms with Crippen molar-refractivity contribution >= 4 is 11.3 Å². The molecule has 3 N–H and O–H groups in total. The summed E-state index contributed by atoms with van der Waals surface area (Å²) < 4.78 is 0. The van der Waals surface area contributed by atoms with E-state index in [1.54, 1.807) is 0 Å². The molecule has 1 heterocycles. The summed E-state index contributed by atoms with van der Waals surface area (Å²) in [5, 5.41) is 9.29. The van der Waals surface area contributed by atoms with Gasteiger partial charge in [-0.2, -0.15) is 0 Å². The van der Waals surface area contributed by atoms with E-state index in [0.29, 0.717) is 19.1 Å². The fraction of sp³-hybridized carbons (Fsp3) is 0.714. The summed E-state index contributed by atoms with van der Waals surface area (Å²) in [6, 6.07) is 5.05. The highest BCUT2D eigenvalue weighted by atomic mass is 32.1. The molecule has 0 aliphatic rings. The van der Waals surface area contributed by atoms with Gasteiger partial charge in [0, 0.05) is 28.9 Å². The van der Waals surface area contributed by atoms with E-state index >= 15 is 0 Å². The second-order valence-electron chi connectivity index (χ2n) is 4.63. The standard InChI is InChI=1S/C14H26N2OS/c1-4-12(5-2)16(8-9-17)13(10-15)14-7-6-11(3)18-14/h6-7,12-13,17H,4-5,8-10,15H2,1-3H3. The van der Waals surface area contributed by atoms with Gasteiger partial charge in [0.05, 0.1) is 12.6 Å². The normalized spacial score (nSPS) is 13.5. The maximum Gasteiger partial charge on any atom is 0.0567 e. The van der Waals surface area contributed by atoms with Crippen LogP contribution in [0.15, 0.2) is 12.1 Å². The lowest BCUT2D eigenvalue weighted by atomic mass is 10.1. The van der Waals surface area contributed by atoms with Gasteiger partial charge in [-0.3, -0.25) is 4.90 Å². The zero-order valence-corrected chi connectivity index (χ0v) is 12.5. The average molecular weight is 270 g/mol. The lowest BCUT2D eigenvalue weighted by Crippen LogP contribution is -2.42. The number of nitrogens with zero attached hydrogens (tertiary/aromatic N) is 1. The molecule has 0 saturated heterocycles. The molecule has 3 nitrogen and oxygen atoms in total. The highest BCUT2D eigenvalue weighted by molar-refractivity contribution is 7.12. The molecule has 1 aromatic rings. The Hall–Kier alpha value is -0.420. The minimum absolute atomic E-state index is 0.192. The van der Waals surface area contributed by atoms with Gasteiger partial charge in [0.25, 0.3) is 0 Å². The molecule has 0 saturated carbocycles. The average Bonchev–Trinajstić information content (AvgIpc) is 2.78. The molecule has 0 bridgehead atoms. The van der Waals surface area contributed by atoms with Gasteiger partial charge in [0.2, 0.25) is 0 Å². The number of hydrogen-bond donors (Lipinski definition) is 2. The summed E-state index contributed by atoms with van der Waals surface area (Å²) >= 11 is 1.81. The number of nitrogens with two attached hydrogens (primary N) is 1. The number of hydrogen-bond acceptors (Lipinski definition) is 4. The van der Waals surface area contributed by atoms with Crippen molar-refractivity contribution in [1.82, 2.24) is 4.90 Å². The van der Waals surface area contributed by atoms with Gasteiger partial charge in [-0.1, -0.05) is 13.8 Å². The highest BCUT2D eigenvalue weighted by Gasteiger charge is 2.25. The highest BCUT2D eigenvalue weighted by Crippen LogP contribution is 2.29. The van der Waals surface area contributed by atoms with Gasteiger partial charge in [-0.25, -0.2) is 0 Å². The number of thiophene rings is 1. The summed E-state index contributed by atoms with van der Waals surface area (Å²) in [6.45, 7) is 8.02. The third-order valence-electron chi connectivity index (χ3n) is 3.48. The lowest BCUT2D eigenvalue weighted by molar-refractivity contribution is 0.101. The van der Waals surface area contributed by atoms with E-state index in [2.05, 4.69) is 37.8 Å². The fourth-order valence-electron chi connectivity index (χ4n) is 2.51. The molecule has 0 radical (unpaired) electrons. The minimum atomic E-state index is 0.192. The Labute approximate surface area is 115 Å². The second kappa shape index (κ2) is 7.89. The van der Waals surface area contributed by atoms with E-state index in [9.17, 15) is 5.11 Å². The van der Waals surface area contributed by atoms with Crippen LogP contribution in [0, 0.1) is 6.92 Å². The van der Waals surface area contributed by atoms with Crippen LogP contribution in [-0.2, 0) is 0 Å². The van der Waals surface area contributed by atoms with E-state index in [1.165, 1.54) is 9.75 Å². The van der Waals surface area contributed by atoms with Crippen LogP contribution < -0.4 is 5.73 Å². The van der Waals surface area contributed by atoms with Crippen molar-refractivity contribution in [3.63, 3.8) is 0 Å². The summed E-state index contributed by atoms with van der Waals surface area (Å²) in [5.41, 5.74) is 5.98. The summed E-state index contributed by atoms with van der Waals surface area (Å²) in [4.78, 5) is 5.00. The van der Waals surface area contributed by atoms with Crippen LogP contribution in [0.5, 0.6) is 0 Å². The predicted molar refractivity (Wildman–Crippen MR) is 79.0 cm³/mol. The third-order valence-corrected chi connectivity index (χ3v) is 4.58. The van der Waals surface area contributed by atoms with Crippen LogP contribution in [0.3, 0.4) is 0 Å². The molecular weight excluding hydrogens is 244 g/mol. The van der Waals surface area contributed by atoms with Crippen molar-refractivity contribution in [1.29, 1.82) is 0 Å². The van der Waals surface area contributed by atoms with E-state index in [4.69, 9.17) is 5.73 Å². The Balaban J connectivity index is 2.92. The molecule has 0 amide bonds. The molecular formula is C14H26N2OS. The molecule has 1 atom stereocenters. The Morgan fingerprint density at radius 3 is 2.39 bits per heavy atom. The Morgan fingerprint density at radius 1 is 1.33 bits per heavy atom. The number of aryl methyl sites for hydroxylation is 1. The molecule has 0 spiro atoms. The molecule has 1 rings (SSSR count). The predicted octanol–water partition coefficient (Wildman–Crippen LogP) is 2.54. The third kappa shape index (κ3) is 3.79. The smallest absolute Gasteiger partial charge is 0.0567 e. The van der Waals surface area contributed by atoms with E-state index in [1.807, 2.05) is 11.3 Å². The molecule has 0 aliphatic heterocycles. The van der Waals surface area contributed by atoms with Gasteiger partial charge in [0.1, 0.15) is 0 Å². The molecule has 0 aliphatic carbocycles. The van der Waals surface area contributed by atoms with E-state index in [-0.39, 0.29) is 12.6 Å². The molecule has 0 fully saturated rings. The summed E-state index contributed by atoms with van der Waals surface area (Å²) in [5.74, 6) is 0. The topological polar surface area (TPSA) is 49.5 Å². The van der Waals surface area contributed by atoms with Gasteiger partial charge in [0.15, 0.2) is 0 Å². The first-order valence-electron chi connectivity index (χ1n) is 6.80. The molecule has 18 heavy (non-hydrogen) atoms. The first-order valence-corrected chi connectivity index (χ1v) is 7.62. The van der Waals surface area contributed by atoms with Crippen LogP contribution >= 0.6 is 11.3 Å². The van der Waals surface area contributed by atoms with Gasteiger partial charge >= 0.3 is 0 Å². The van der Waals surface area contributed by atoms with Crippen LogP contribution in [0.2, 0.25) is 0 Å². The van der Waals surface area contributed by atoms with Crippen LogP contribution in [-0.4, -0.2) is 35.7 Å². The van der Waals surface area contributed by atoms with E-state index in [0.717, 1.165) is 12.8 Å². The van der Waals surface area contributed by atoms with Gasteiger partial charge in [-0.05, 0) is 31.9 Å². The van der Waals surface area contributed by atoms with Crippen molar-refractivity contribution in [2.45, 2.75) is 45.7 Å².